The summed E-state index contributed by atoms with van der Waals surface area (Å²) in [4.78, 5) is 2.43. The summed E-state index contributed by atoms with van der Waals surface area (Å²) in [6.07, 6.45) is -2.13. The molecule has 0 aliphatic heterocycles. The van der Waals surface area contributed by atoms with E-state index in [2.05, 4.69) is 9.72 Å². The number of aromatic nitrogens is 1. The third-order valence-corrected chi connectivity index (χ3v) is 0.803. The van der Waals surface area contributed by atoms with Gasteiger partial charge in [0.2, 0.25) is 0 Å². The fraction of sp³-hybridized carbons (Fsp3) is 0.200. The molecule has 56 valence electrons. The van der Waals surface area contributed by atoms with Crippen molar-refractivity contribution in [2.24, 2.45) is 0 Å². The molecule has 1 aromatic heterocycles. The van der Waals surface area contributed by atoms with Gasteiger partial charge in [-0.05, 0) is 6.07 Å². The highest BCUT2D eigenvalue weighted by Crippen LogP contribution is 2.21. The second kappa shape index (κ2) is 2.24. The minimum atomic E-state index is -4.60. The number of rotatable bonds is 1. The van der Waals surface area contributed by atoms with Crippen LogP contribution in [0.1, 0.15) is 0 Å². The summed E-state index contributed by atoms with van der Waals surface area (Å²) in [5.74, 6) is -0.229. The zero-order valence-corrected chi connectivity index (χ0v) is 4.77. The van der Waals surface area contributed by atoms with Gasteiger partial charge in [0, 0.05) is 12.4 Å². The van der Waals surface area contributed by atoms with E-state index in [0.717, 1.165) is 6.20 Å². The number of aromatic amines is 1. The maximum Gasteiger partial charge on any atom is 0.573 e. The van der Waals surface area contributed by atoms with E-state index in [1.54, 1.807) is 0 Å². The van der Waals surface area contributed by atoms with E-state index in [1.807, 2.05) is 0 Å². The van der Waals surface area contributed by atoms with E-state index in [0.29, 0.717) is 0 Å². The summed E-state index contributed by atoms with van der Waals surface area (Å²) in [7, 11) is 0. The minimum absolute atomic E-state index is 0.229. The normalized spacial score (nSPS) is 11.5. The van der Waals surface area contributed by atoms with Crippen LogP contribution >= 0.6 is 0 Å². The van der Waals surface area contributed by atoms with Crippen LogP contribution in [-0.4, -0.2) is 11.3 Å². The highest BCUT2D eigenvalue weighted by molar-refractivity contribution is 5.15. The topological polar surface area (TPSA) is 25.0 Å². The molecule has 1 rings (SSSR count). The molecule has 0 aliphatic rings. The maximum absolute atomic E-state index is 11.4. The van der Waals surface area contributed by atoms with Gasteiger partial charge in [-0.25, -0.2) is 0 Å². The van der Waals surface area contributed by atoms with Gasteiger partial charge in [0.15, 0.2) is 0 Å². The van der Waals surface area contributed by atoms with Crippen LogP contribution in [0.4, 0.5) is 13.2 Å². The Hall–Kier alpha value is -1.13. The lowest BCUT2D eigenvalue weighted by Crippen LogP contribution is -2.16. The van der Waals surface area contributed by atoms with Gasteiger partial charge in [-0.1, -0.05) is 0 Å². The van der Waals surface area contributed by atoms with Crippen LogP contribution < -0.4 is 4.74 Å². The summed E-state index contributed by atoms with van der Waals surface area (Å²) >= 11 is 0. The van der Waals surface area contributed by atoms with Crippen molar-refractivity contribution in [2.75, 3.05) is 0 Å². The molecule has 0 aliphatic carbocycles. The van der Waals surface area contributed by atoms with Crippen molar-refractivity contribution in [3.63, 3.8) is 0 Å². The Morgan fingerprint density at radius 1 is 1.40 bits per heavy atom. The van der Waals surface area contributed by atoms with Crippen LogP contribution in [0.25, 0.3) is 0 Å². The fourth-order valence-electron chi connectivity index (χ4n) is 0.506. The molecule has 10 heavy (non-hydrogen) atoms. The molecule has 0 saturated heterocycles. The van der Waals surface area contributed by atoms with Gasteiger partial charge >= 0.3 is 6.36 Å². The molecular weight excluding hydrogens is 147 g/mol. The molecule has 0 radical (unpaired) electrons. The Morgan fingerprint density at radius 2 is 2.10 bits per heavy atom. The maximum atomic E-state index is 11.4. The smallest absolute Gasteiger partial charge is 0.404 e. The van der Waals surface area contributed by atoms with Crippen molar-refractivity contribution >= 4 is 0 Å². The van der Waals surface area contributed by atoms with Gasteiger partial charge in [-0.15, -0.1) is 13.2 Å². The zero-order chi connectivity index (χ0) is 7.61. The summed E-state index contributed by atoms with van der Waals surface area (Å²) in [5, 5.41) is 0. The van der Waals surface area contributed by atoms with E-state index in [9.17, 15) is 13.2 Å². The van der Waals surface area contributed by atoms with Crippen LogP contribution in [0.2, 0.25) is 0 Å². The number of nitrogens with one attached hydrogen (secondary N) is 1. The van der Waals surface area contributed by atoms with E-state index < -0.39 is 6.36 Å². The fourth-order valence-corrected chi connectivity index (χ4v) is 0.506. The molecule has 1 aromatic rings. The van der Waals surface area contributed by atoms with Gasteiger partial charge in [-0.3, -0.25) is 0 Å². The molecule has 1 heterocycles. The van der Waals surface area contributed by atoms with Crippen molar-refractivity contribution in [2.45, 2.75) is 6.36 Å². The second-order valence-corrected chi connectivity index (χ2v) is 1.59. The summed E-state index contributed by atoms with van der Waals surface area (Å²) in [6, 6.07) is 1.19. The first-order valence-corrected chi connectivity index (χ1v) is 2.46. The van der Waals surface area contributed by atoms with Crippen LogP contribution in [0.15, 0.2) is 18.5 Å². The van der Waals surface area contributed by atoms with Gasteiger partial charge in [0.25, 0.3) is 0 Å². The molecule has 0 spiro atoms. The first-order valence-electron chi connectivity index (χ1n) is 2.46. The largest absolute Gasteiger partial charge is 0.573 e. The van der Waals surface area contributed by atoms with E-state index in [1.165, 1.54) is 12.3 Å². The molecule has 5 heteroatoms. The predicted molar refractivity (Wildman–Crippen MR) is 27.5 cm³/mol. The first kappa shape index (κ1) is 6.98. The molecule has 0 atom stereocenters. The lowest BCUT2D eigenvalue weighted by atomic mass is 10.6. The number of hydrogen-bond acceptors (Lipinski definition) is 1. The molecule has 0 aromatic carbocycles. The molecule has 0 bridgehead atoms. The Balaban J connectivity index is 2.57. The standard InChI is InChI=1S/C5H4F3NO/c6-5(7,8)10-4-1-2-9-3-4/h1-3,9H. The number of ether oxygens (including phenoxy) is 1. The lowest BCUT2D eigenvalue weighted by Gasteiger charge is -2.04. The number of alkyl halides is 3. The van der Waals surface area contributed by atoms with Crippen LogP contribution in [0.3, 0.4) is 0 Å². The molecule has 2 nitrogen and oxygen atoms in total. The van der Waals surface area contributed by atoms with E-state index in [4.69, 9.17) is 0 Å². The Kier molecular flexibility index (Phi) is 1.57. The number of hydrogen-bond donors (Lipinski definition) is 1. The van der Waals surface area contributed by atoms with Gasteiger partial charge in [0.1, 0.15) is 5.75 Å². The lowest BCUT2D eigenvalue weighted by molar-refractivity contribution is -0.274. The average Bonchev–Trinajstić information content (AvgIpc) is 2.12. The first-order chi connectivity index (χ1) is 4.58. The number of H-pyrrole nitrogens is 1. The van der Waals surface area contributed by atoms with Crippen molar-refractivity contribution in [3.05, 3.63) is 18.5 Å². The highest BCUT2D eigenvalue weighted by Gasteiger charge is 2.31. The van der Waals surface area contributed by atoms with Crippen LogP contribution in [-0.2, 0) is 0 Å². The number of halogens is 3. The van der Waals surface area contributed by atoms with Gasteiger partial charge in [-0.2, -0.15) is 0 Å². The Labute approximate surface area is 54.6 Å². The SMILES string of the molecule is FC(F)(F)Oc1cc[nH]c1. The summed E-state index contributed by atoms with van der Waals surface area (Å²) in [5.41, 5.74) is 0. The molecule has 0 amide bonds. The van der Waals surface area contributed by atoms with E-state index in [-0.39, 0.29) is 5.75 Å². The molecule has 0 fully saturated rings. The molecule has 0 unspecified atom stereocenters. The van der Waals surface area contributed by atoms with Gasteiger partial charge < -0.3 is 9.72 Å². The molecular formula is C5H4F3NO. The van der Waals surface area contributed by atoms with Crippen molar-refractivity contribution in [1.29, 1.82) is 0 Å². The average molecular weight is 151 g/mol. The Bertz CT molecular complexity index is 191. The minimum Gasteiger partial charge on any atom is -0.404 e. The highest BCUT2D eigenvalue weighted by atomic mass is 19.4. The Morgan fingerprint density at radius 3 is 2.50 bits per heavy atom. The summed E-state index contributed by atoms with van der Waals surface area (Å²) < 4.78 is 37.7. The van der Waals surface area contributed by atoms with Gasteiger partial charge in [0.05, 0.1) is 0 Å². The predicted octanol–water partition coefficient (Wildman–Crippen LogP) is 1.91. The molecule has 1 N–H and O–H groups in total. The van der Waals surface area contributed by atoms with Crippen molar-refractivity contribution < 1.29 is 17.9 Å². The third-order valence-electron chi connectivity index (χ3n) is 0.803. The molecule has 0 saturated carbocycles. The monoisotopic (exact) mass is 151 g/mol. The van der Waals surface area contributed by atoms with Crippen LogP contribution in [0.5, 0.6) is 5.75 Å². The van der Waals surface area contributed by atoms with E-state index >= 15 is 0 Å². The van der Waals surface area contributed by atoms with Crippen LogP contribution in [0, 0.1) is 0 Å². The summed E-state index contributed by atoms with van der Waals surface area (Å²) in [6.45, 7) is 0. The van der Waals surface area contributed by atoms with Crippen molar-refractivity contribution in [3.8, 4) is 5.75 Å². The second-order valence-electron chi connectivity index (χ2n) is 1.59. The third kappa shape index (κ3) is 2.00. The van der Waals surface area contributed by atoms with Crippen molar-refractivity contribution in [1.82, 2.24) is 4.98 Å². The quantitative estimate of drug-likeness (QED) is 0.651. The zero-order valence-electron chi connectivity index (χ0n) is 4.77.